The summed E-state index contributed by atoms with van der Waals surface area (Å²) in [4.78, 5) is 29.2. The molecule has 1 heterocycles. The van der Waals surface area contributed by atoms with Crippen LogP contribution in [0.2, 0.25) is 0 Å². The van der Waals surface area contributed by atoms with Gasteiger partial charge in [-0.25, -0.2) is 13.7 Å². The molecule has 1 aliphatic heterocycles. The SMILES string of the molecule is COCCN(CCOC)C1=C(c2ccc(OC)cc2)C(=O)N(c2cc(F)ccc2F)C1=O. The fourth-order valence-corrected chi connectivity index (χ4v) is 3.44. The molecule has 1 aliphatic rings. The fourth-order valence-electron chi connectivity index (χ4n) is 3.44. The lowest BCUT2D eigenvalue weighted by Gasteiger charge is -2.25. The Morgan fingerprint density at radius 2 is 1.50 bits per heavy atom. The van der Waals surface area contributed by atoms with E-state index in [1.54, 1.807) is 29.2 Å². The number of amides is 2. The van der Waals surface area contributed by atoms with E-state index in [9.17, 15) is 18.4 Å². The predicted octanol–water partition coefficient (Wildman–Crippen LogP) is 2.85. The van der Waals surface area contributed by atoms with Crippen LogP contribution in [-0.4, -0.2) is 64.3 Å². The quantitative estimate of drug-likeness (QED) is 0.523. The Kier molecular flexibility index (Phi) is 7.55. The average molecular weight is 446 g/mol. The topological polar surface area (TPSA) is 68.3 Å². The van der Waals surface area contributed by atoms with E-state index in [-0.39, 0.29) is 37.6 Å². The molecular formula is C23H24F2N2O5. The normalized spacial score (nSPS) is 13.8. The average Bonchev–Trinajstić information content (AvgIpc) is 3.05. The van der Waals surface area contributed by atoms with E-state index in [2.05, 4.69) is 0 Å². The molecule has 0 atom stereocenters. The van der Waals surface area contributed by atoms with Gasteiger partial charge < -0.3 is 19.1 Å². The number of hydrogen-bond donors (Lipinski definition) is 0. The van der Waals surface area contributed by atoms with Gasteiger partial charge in [0.1, 0.15) is 23.1 Å². The Bertz CT molecular complexity index is 1020. The summed E-state index contributed by atoms with van der Waals surface area (Å²) >= 11 is 0. The molecule has 170 valence electrons. The van der Waals surface area contributed by atoms with Gasteiger partial charge in [-0.1, -0.05) is 12.1 Å². The highest BCUT2D eigenvalue weighted by atomic mass is 19.1. The van der Waals surface area contributed by atoms with Crippen molar-refractivity contribution in [3.05, 3.63) is 65.4 Å². The van der Waals surface area contributed by atoms with Crippen LogP contribution in [0.5, 0.6) is 5.75 Å². The zero-order valence-electron chi connectivity index (χ0n) is 18.1. The summed E-state index contributed by atoms with van der Waals surface area (Å²) in [5, 5.41) is 0. The van der Waals surface area contributed by atoms with E-state index in [1.165, 1.54) is 21.3 Å². The van der Waals surface area contributed by atoms with Crippen LogP contribution in [0, 0.1) is 11.6 Å². The molecule has 2 aromatic carbocycles. The zero-order chi connectivity index (χ0) is 23.3. The minimum Gasteiger partial charge on any atom is -0.497 e. The molecule has 0 saturated carbocycles. The molecule has 0 aliphatic carbocycles. The highest BCUT2D eigenvalue weighted by molar-refractivity contribution is 6.45. The van der Waals surface area contributed by atoms with E-state index >= 15 is 0 Å². The van der Waals surface area contributed by atoms with E-state index in [4.69, 9.17) is 14.2 Å². The number of nitrogens with zero attached hydrogens (tertiary/aromatic N) is 2. The van der Waals surface area contributed by atoms with Gasteiger partial charge in [0.15, 0.2) is 0 Å². The second-order valence-electron chi connectivity index (χ2n) is 6.97. The van der Waals surface area contributed by atoms with Crippen molar-refractivity contribution >= 4 is 23.1 Å². The maximum atomic E-state index is 14.5. The standard InChI is InChI=1S/C23H24F2N2O5/c1-30-12-10-26(11-13-31-2)21-20(15-4-7-17(32-3)8-5-15)22(28)27(23(21)29)19-14-16(24)6-9-18(19)25/h4-9,14H,10-13H2,1-3H3. The molecule has 0 fully saturated rings. The van der Waals surface area contributed by atoms with Crippen LogP contribution in [0.3, 0.4) is 0 Å². The van der Waals surface area contributed by atoms with Gasteiger partial charge in [-0.3, -0.25) is 9.59 Å². The van der Waals surface area contributed by atoms with E-state index in [0.29, 0.717) is 16.2 Å². The second-order valence-corrected chi connectivity index (χ2v) is 6.97. The lowest BCUT2D eigenvalue weighted by atomic mass is 10.0. The molecule has 0 radical (unpaired) electrons. The molecule has 2 aromatic rings. The monoisotopic (exact) mass is 446 g/mol. The van der Waals surface area contributed by atoms with E-state index in [0.717, 1.165) is 18.2 Å². The minimum absolute atomic E-state index is 0.0675. The van der Waals surface area contributed by atoms with Crippen molar-refractivity contribution in [1.29, 1.82) is 0 Å². The highest BCUT2D eigenvalue weighted by Gasteiger charge is 2.43. The van der Waals surface area contributed by atoms with Crippen LogP contribution in [0.4, 0.5) is 14.5 Å². The first kappa shape index (κ1) is 23.4. The maximum Gasteiger partial charge on any atom is 0.282 e. The Labute approximate surface area is 184 Å². The van der Waals surface area contributed by atoms with E-state index in [1.807, 2.05) is 0 Å². The molecule has 0 unspecified atom stereocenters. The van der Waals surface area contributed by atoms with E-state index < -0.39 is 29.1 Å². The summed E-state index contributed by atoms with van der Waals surface area (Å²) in [7, 11) is 4.54. The summed E-state index contributed by atoms with van der Waals surface area (Å²) in [6, 6.07) is 9.20. The van der Waals surface area contributed by atoms with Crippen LogP contribution < -0.4 is 9.64 Å². The number of anilines is 1. The third-order valence-electron chi connectivity index (χ3n) is 5.03. The van der Waals surface area contributed by atoms with Crippen LogP contribution in [0.15, 0.2) is 48.2 Å². The lowest BCUT2D eigenvalue weighted by Crippen LogP contribution is -2.38. The summed E-state index contributed by atoms with van der Waals surface area (Å²) in [5.41, 5.74) is 0.143. The number of halogens is 2. The number of carbonyl (C=O) groups is 2. The number of imide groups is 1. The van der Waals surface area contributed by atoms with Crippen molar-refractivity contribution in [2.24, 2.45) is 0 Å². The molecular weight excluding hydrogens is 422 g/mol. The van der Waals surface area contributed by atoms with Gasteiger partial charge in [-0.2, -0.15) is 0 Å². The molecule has 0 spiro atoms. The second kappa shape index (κ2) is 10.3. The zero-order valence-corrected chi connectivity index (χ0v) is 18.1. The summed E-state index contributed by atoms with van der Waals surface area (Å²) in [6.45, 7) is 1.12. The smallest absolute Gasteiger partial charge is 0.282 e. The Hall–Kier alpha value is -3.30. The third kappa shape index (κ3) is 4.63. The molecule has 0 aromatic heterocycles. The maximum absolute atomic E-state index is 14.5. The molecule has 0 bridgehead atoms. The minimum atomic E-state index is -0.885. The number of ether oxygens (including phenoxy) is 3. The van der Waals surface area contributed by atoms with Gasteiger partial charge in [0, 0.05) is 33.4 Å². The van der Waals surface area contributed by atoms with Crippen LogP contribution in [0.1, 0.15) is 5.56 Å². The van der Waals surface area contributed by atoms with Crippen molar-refractivity contribution in [3.63, 3.8) is 0 Å². The first-order chi connectivity index (χ1) is 15.4. The first-order valence-corrected chi connectivity index (χ1v) is 9.88. The Balaban J connectivity index is 2.15. The van der Waals surface area contributed by atoms with Crippen LogP contribution >= 0.6 is 0 Å². The molecule has 2 amide bonds. The van der Waals surface area contributed by atoms with Crippen molar-refractivity contribution in [2.75, 3.05) is 52.5 Å². The number of rotatable bonds is 10. The van der Waals surface area contributed by atoms with Crippen LogP contribution in [0.25, 0.3) is 5.57 Å². The van der Waals surface area contributed by atoms with Crippen molar-refractivity contribution in [2.45, 2.75) is 0 Å². The number of benzene rings is 2. The largest absolute Gasteiger partial charge is 0.497 e. The first-order valence-electron chi connectivity index (χ1n) is 9.88. The summed E-state index contributed by atoms with van der Waals surface area (Å²) < 4.78 is 43.9. The Morgan fingerprint density at radius 1 is 0.875 bits per heavy atom. The molecule has 3 rings (SSSR count). The summed E-state index contributed by atoms with van der Waals surface area (Å²) in [5.74, 6) is -2.59. The van der Waals surface area contributed by atoms with Gasteiger partial charge in [0.05, 0.1) is 31.6 Å². The fraction of sp³-hybridized carbons (Fsp3) is 0.304. The molecule has 7 nitrogen and oxygen atoms in total. The van der Waals surface area contributed by atoms with Gasteiger partial charge in [0.2, 0.25) is 0 Å². The molecule has 9 heteroatoms. The predicted molar refractivity (Wildman–Crippen MR) is 114 cm³/mol. The van der Waals surface area contributed by atoms with Crippen molar-refractivity contribution < 1.29 is 32.6 Å². The number of methoxy groups -OCH3 is 3. The molecule has 0 saturated heterocycles. The third-order valence-corrected chi connectivity index (χ3v) is 5.03. The molecule has 0 N–H and O–H groups in total. The molecule has 32 heavy (non-hydrogen) atoms. The van der Waals surface area contributed by atoms with Gasteiger partial charge in [0.25, 0.3) is 11.8 Å². The van der Waals surface area contributed by atoms with Gasteiger partial charge in [-0.05, 0) is 29.8 Å². The van der Waals surface area contributed by atoms with Gasteiger partial charge in [-0.15, -0.1) is 0 Å². The van der Waals surface area contributed by atoms with Crippen molar-refractivity contribution in [1.82, 2.24) is 4.90 Å². The highest BCUT2D eigenvalue weighted by Crippen LogP contribution is 2.36. The number of carbonyl (C=O) groups excluding carboxylic acids is 2. The Morgan fingerprint density at radius 3 is 2.06 bits per heavy atom. The summed E-state index contributed by atoms with van der Waals surface area (Å²) in [6.07, 6.45) is 0. The number of hydrogen-bond acceptors (Lipinski definition) is 6. The van der Waals surface area contributed by atoms with Gasteiger partial charge >= 0.3 is 0 Å². The van der Waals surface area contributed by atoms with Crippen molar-refractivity contribution in [3.8, 4) is 5.75 Å². The lowest BCUT2D eigenvalue weighted by molar-refractivity contribution is -0.120. The van der Waals surface area contributed by atoms with Crippen LogP contribution in [-0.2, 0) is 19.1 Å².